The lowest BCUT2D eigenvalue weighted by Crippen LogP contribution is -2.48. The maximum atomic E-state index is 11.9. The zero-order chi connectivity index (χ0) is 14.7. The smallest absolute Gasteiger partial charge is 0.326 e. The van der Waals surface area contributed by atoms with Gasteiger partial charge in [-0.05, 0) is 6.42 Å². The number of rotatable bonds is 9. The van der Waals surface area contributed by atoms with Crippen LogP contribution in [0.3, 0.4) is 0 Å². The highest BCUT2D eigenvalue weighted by Gasteiger charge is 2.21. The van der Waals surface area contributed by atoms with Crippen LogP contribution in [0, 0.1) is 11.3 Å². The molecular weight excluding hydrogens is 250 g/mol. The molecule has 0 saturated carbocycles. The number of carbonyl (C=O) groups is 2. The zero-order valence-corrected chi connectivity index (χ0v) is 11.0. The largest absolute Gasteiger partial charge is 0.480 e. The molecule has 7 heteroatoms. The van der Waals surface area contributed by atoms with E-state index in [4.69, 9.17) is 15.1 Å². The molecule has 106 valence electrons. The SMILES string of the molecule is C=CCC(NC(=O)N(CCC#N)CCOC)C(=O)O. The van der Waals surface area contributed by atoms with Gasteiger partial charge in [0, 0.05) is 20.2 Å². The number of amides is 2. The molecule has 0 heterocycles. The molecule has 0 rings (SSSR count). The molecule has 0 fully saturated rings. The number of urea groups is 1. The van der Waals surface area contributed by atoms with Crippen LogP contribution in [0.2, 0.25) is 0 Å². The molecule has 0 aromatic rings. The van der Waals surface area contributed by atoms with Crippen LogP contribution in [0.4, 0.5) is 4.79 Å². The van der Waals surface area contributed by atoms with Gasteiger partial charge in [-0.1, -0.05) is 6.08 Å². The lowest BCUT2D eigenvalue weighted by atomic mass is 10.2. The molecule has 2 N–H and O–H groups in total. The maximum absolute atomic E-state index is 11.9. The summed E-state index contributed by atoms with van der Waals surface area (Å²) < 4.78 is 4.87. The van der Waals surface area contributed by atoms with Crippen LogP contribution in [0.1, 0.15) is 12.8 Å². The van der Waals surface area contributed by atoms with Gasteiger partial charge in [-0.25, -0.2) is 9.59 Å². The van der Waals surface area contributed by atoms with Gasteiger partial charge >= 0.3 is 12.0 Å². The normalized spacial score (nSPS) is 11.2. The Morgan fingerprint density at radius 2 is 2.26 bits per heavy atom. The van der Waals surface area contributed by atoms with Crippen molar-refractivity contribution in [3.05, 3.63) is 12.7 Å². The first kappa shape index (κ1) is 16.9. The Kier molecular flexibility index (Phi) is 8.83. The second-order valence-electron chi connectivity index (χ2n) is 3.75. The Labute approximate surface area is 112 Å². The quantitative estimate of drug-likeness (QED) is 0.596. The fourth-order valence-corrected chi connectivity index (χ4v) is 1.33. The molecule has 0 aliphatic rings. The number of nitrogens with one attached hydrogen (secondary N) is 1. The summed E-state index contributed by atoms with van der Waals surface area (Å²) in [5, 5.41) is 19.8. The van der Waals surface area contributed by atoms with E-state index in [9.17, 15) is 9.59 Å². The maximum Gasteiger partial charge on any atom is 0.326 e. The highest BCUT2D eigenvalue weighted by Crippen LogP contribution is 1.98. The Morgan fingerprint density at radius 3 is 2.74 bits per heavy atom. The monoisotopic (exact) mass is 269 g/mol. The number of carboxylic acids is 1. The van der Waals surface area contributed by atoms with Crippen molar-refractivity contribution in [2.75, 3.05) is 26.8 Å². The third kappa shape index (κ3) is 7.06. The predicted molar refractivity (Wildman–Crippen MR) is 68.4 cm³/mol. The van der Waals surface area contributed by atoms with Crippen molar-refractivity contribution in [3.8, 4) is 6.07 Å². The van der Waals surface area contributed by atoms with Crippen LogP contribution < -0.4 is 5.32 Å². The topological polar surface area (TPSA) is 103 Å². The van der Waals surface area contributed by atoms with E-state index in [2.05, 4.69) is 11.9 Å². The second-order valence-corrected chi connectivity index (χ2v) is 3.75. The van der Waals surface area contributed by atoms with Gasteiger partial charge in [0.1, 0.15) is 6.04 Å². The Balaban J connectivity index is 4.54. The molecule has 2 amide bonds. The number of nitrogens with zero attached hydrogens (tertiary/aromatic N) is 2. The van der Waals surface area contributed by atoms with Crippen LogP contribution in [0.5, 0.6) is 0 Å². The van der Waals surface area contributed by atoms with E-state index in [1.807, 2.05) is 6.07 Å². The Hall–Kier alpha value is -2.07. The minimum Gasteiger partial charge on any atom is -0.480 e. The van der Waals surface area contributed by atoms with Gasteiger partial charge in [0.05, 0.1) is 19.1 Å². The first-order chi connectivity index (χ1) is 9.06. The summed E-state index contributed by atoms with van der Waals surface area (Å²) in [5.74, 6) is -1.12. The Morgan fingerprint density at radius 1 is 1.58 bits per heavy atom. The molecule has 0 aromatic heterocycles. The molecule has 1 unspecified atom stereocenters. The number of aliphatic carboxylic acids is 1. The molecular formula is C12H19N3O4. The number of nitriles is 1. The van der Waals surface area contributed by atoms with E-state index in [1.54, 1.807) is 0 Å². The summed E-state index contributed by atoms with van der Waals surface area (Å²) in [7, 11) is 1.50. The van der Waals surface area contributed by atoms with E-state index < -0.39 is 18.0 Å². The van der Waals surface area contributed by atoms with Crippen molar-refractivity contribution in [1.29, 1.82) is 5.26 Å². The van der Waals surface area contributed by atoms with Crippen molar-refractivity contribution >= 4 is 12.0 Å². The molecule has 0 saturated heterocycles. The van der Waals surface area contributed by atoms with E-state index in [-0.39, 0.29) is 19.4 Å². The molecule has 0 radical (unpaired) electrons. The van der Waals surface area contributed by atoms with Crippen molar-refractivity contribution in [2.24, 2.45) is 0 Å². The van der Waals surface area contributed by atoms with Crippen molar-refractivity contribution in [1.82, 2.24) is 10.2 Å². The van der Waals surface area contributed by atoms with Gasteiger partial charge in [0.25, 0.3) is 0 Å². The first-order valence-corrected chi connectivity index (χ1v) is 5.81. The van der Waals surface area contributed by atoms with E-state index in [0.29, 0.717) is 13.2 Å². The molecule has 7 nitrogen and oxygen atoms in total. The molecule has 0 bridgehead atoms. The van der Waals surface area contributed by atoms with Crippen LogP contribution >= 0.6 is 0 Å². The number of carbonyl (C=O) groups excluding carboxylic acids is 1. The number of hydrogen-bond donors (Lipinski definition) is 2. The van der Waals surface area contributed by atoms with E-state index in [1.165, 1.54) is 18.1 Å². The van der Waals surface area contributed by atoms with Crippen LogP contribution in [0.15, 0.2) is 12.7 Å². The number of carboxylic acid groups (broad SMARTS) is 1. The molecule has 0 aliphatic heterocycles. The van der Waals surface area contributed by atoms with Crippen LogP contribution in [-0.2, 0) is 9.53 Å². The van der Waals surface area contributed by atoms with Crippen molar-refractivity contribution in [3.63, 3.8) is 0 Å². The van der Waals surface area contributed by atoms with E-state index in [0.717, 1.165) is 0 Å². The van der Waals surface area contributed by atoms with Gasteiger partial charge in [-0.15, -0.1) is 6.58 Å². The summed E-state index contributed by atoms with van der Waals surface area (Å²) in [6.07, 6.45) is 1.74. The average Bonchev–Trinajstić information content (AvgIpc) is 2.38. The van der Waals surface area contributed by atoms with Gasteiger partial charge in [0.15, 0.2) is 0 Å². The average molecular weight is 269 g/mol. The highest BCUT2D eigenvalue weighted by molar-refractivity contribution is 5.82. The zero-order valence-electron chi connectivity index (χ0n) is 11.0. The Bertz CT molecular complexity index is 351. The highest BCUT2D eigenvalue weighted by atomic mass is 16.5. The summed E-state index contributed by atoms with van der Waals surface area (Å²) in [6, 6.07) is 0.393. The lowest BCUT2D eigenvalue weighted by molar-refractivity contribution is -0.139. The van der Waals surface area contributed by atoms with Gasteiger partial charge < -0.3 is 20.1 Å². The summed E-state index contributed by atoms with van der Waals surface area (Å²) in [5.41, 5.74) is 0. The molecule has 0 aromatic carbocycles. The number of hydrogen-bond acceptors (Lipinski definition) is 4. The van der Waals surface area contributed by atoms with Gasteiger partial charge in [-0.3, -0.25) is 0 Å². The molecule has 0 spiro atoms. The van der Waals surface area contributed by atoms with E-state index >= 15 is 0 Å². The standard InChI is InChI=1S/C12H19N3O4/c1-3-5-10(11(16)17)14-12(18)15(7-4-6-13)8-9-19-2/h3,10H,1,4-5,7-9H2,2H3,(H,14,18)(H,16,17). The minimum absolute atomic E-state index is 0.136. The second kappa shape index (κ2) is 9.91. The van der Waals surface area contributed by atoms with Crippen LogP contribution in [0.25, 0.3) is 0 Å². The van der Waals surface area contributed by atoms with Gasteiger partial charge in [0.2, 0.25) is 0 Å². The summed E-state index contributed by atoms with van der Waals surface area (Å²) >= 11 is 0. The summed E-state index contributed by atoms with van der Waals surface area (Å²) in [6.45, 7) is 4.28. The molecule has 19 heavy (non-hydrogen) atoms. The number of ether oxygens (including phenoxy) is 1. The molecule has 0 aliphatic carbocycles. The lowest BCUT2D eigenvalue weighted by Gasteiger charge is -2.23. The fourth-order valence-electron chi connectivity index (χ4n) is 1.33. The first-order valence-electron chi connectivity index (χ1n) is 5.81. The third-order valence-corrected chi connectivity index (χ3v) is 2.34. The minimum atomic E-state index is -1.12. The predicted octanol–water partition coefficient (Wildman–Crippen LogP) is 0.587. The third-order valence-electron chi connectivity index (χ3n) is 2.34. The number of methoxy groups -OCH3 is 1. The van der Waals surface area contributed by atoms with Crippen molar-refractivity contribution < 1.29 is 19.4 Å². The fraction of sp³-hybridized carbons (Fsp3) is 0.583. The summed E-state index contributed by atoms with van der Waals surface area (Å²) in [4.78, 5) is 24.2. The van der Waals surface area contributed by atoms with Crippen LogP contribution in [-0.4, -0.2) is 54.9 Å². The molecule has 1 atom stereocenters. The van der Waals surface area contributed by atoms with Gasteiger partial charge in [-0.2, -0.15) is 5.26 Å². The van der Waals surface area contributed by atoms with Crippen molar-refractivity contribution in [2.45, 2.75) is 18.9 Å².